The van der Waals surface area contributed by atoms with Gasteiger partial charge < -0.3 is 23.4 Å². The van der Waals surface area contributed by atoms with Crippen molar-refractivity contribution in [3.63, 3.8) is 0 Å². The number of Topliss-reactive ketones (excluding diaryl/α,β-unsaturated/α-hetero) is 1. The SMILES string of the molecule is CO[C@@]1(C)OC(C)(C)[C@@H]2CC(=O)[C@]3(C)[C@H](CC[C@@]4(C)[C@H](c5ccoc5)OC(=O)[C@H]5O[C@]543)[C@]21C. The predicted molar refractivity (Wildman–Crippen MR) is 116 cm³/mol. The van der Waals surface area contributed by atoms with E-state index >= 15 is 0 Å². The van der Waals surface area contributed by atoms with E-state index < -0.39 is 51.4 Å². The number of cyclic esters (lactones) is 1. The summed E-state index contributed by atoms with van der Waals surface area (Å²) in [5.74, 6) is -1.17. The Morgan fingerprint density at radius 2 is 1.76 bits per heavy atom. The van der Waals surface area contributed by atoms with Crippen LogP contribution in [0.5, 0.6) is 0 Å². The van der Waals surface area contributed by atoms with Gasteiger partial charge in [0.05, 0.1) is 23.5 Å². The molecule has 5 fully saturated rings. The topological polar surface area (TPSA) is 87.5 Å². The highest BCUT2D eigenvalue weighted by Gasteiger charge is 2.89. The first-order valence-electron chi connectivity index (χ1n) is 12.0. The van der Waals surface area contributed by atoms with Crippen molar-refractivity contribution in [3.05, 3.63) is 24.2 Å². The third kappa shape index (κ3) is 2.07. The first kappa shape index (κ1) is 21.8. The maximum atomic E-state index is 14.2. The van der Waals surface area contributed by atoms with Gasteiger partial charge in [-0.15, -0.1) is 0 Å². The van der Waals surface area contributed by atoms with Crippen molar-refractivity contribution in [2.45, 2.75) is 90.0 Å². The van der Waals surface area contributed by atoms with E-state index in [4.69, 9.17) is 23.4 Å². The number of fused-ring (bicyclic) bond motifs is 3. The third-order valence-corrected chi connectivity index (χ3v) is 10.8. The van der Waals surface area contributed by atoms with E-state index in [2.05, 4.69) is 27.7 Å². The average molecular weight is 459 g/mol. The van der Waals surface area contributed by atoms with Gasteiger partial charge in [-0.3, -0.25) is 4.79 Å². The molecule has 1 aromatic heterocycles. The Bertz CT molecular complexity index is 1050. The van der Waals surface area contributed by atoms with Crippen LogP contribution < -0.4 is 0 Å². The molecule has 9 atom stereocenters. The maximum Gasteiger partial charge on any atom is 0.339 e. The monoisotopic (exact) mass is 458 g/mol. The van der Waals surface area contributed by atoms with Crippen LogP contribution in [0.2, 0.25) is 0 Å². The van der Waals surface area contributed by atoms with Gasteiger partial charge in [0, 0.05) is 35.8 Å². The number of ether oxygens (including phenoxy) is 4. The summed E-state index contributed by atoms with van der Waals surface area (Å²) >= 11 is 0. The normalized spacial score (nSPS) is 54.0. The molecule has 0 N–H and O–H groups in total. The van der Waals surface area contributed by atoms with Crippen LogP contribution in [0.1, 0.15) is 72.5 Å². The van der Waals surface area contributed by atoms with E-state index in [0.717, 1.165) is 18.4 Å². The molecule has 1 spiro atoms. The summed E-state index contributed by atoms with van der Waals surface area (Å²) in [6.45, 7) is 12.5. The molecule has 6 rings (SSSR count). The van der Waals surface area contributed by atoms with Crippen LogP contribution >= 0.6 is 0 Å². The molecule has 2 saturated carbocycles. The van der Waals surface area contributed by atoms with E-state index in [0.29, 0.717) is 6.42 Å². The highest BCUT2D eigenvalue weighted by molar-refractivity contribution is 5.93. The molecule has 2 aliphatic carbocycles. The Balaban J connectivity index is 1.54. The molecule has 3 aliphatic heterocycles. The zero-order valence-electron chi connectivity index (χ0n) is 20.5. The van der Waals surface area contributed by atoms with E-state index in [1.54, 1.807) is 19.6 Å². The van der Waals surface area contributed by atoms with Gasteiger partial charge in [0.15, 0.2) is 11.9 Å². The molecule has 3 saturated heterocycles. The number of hydrogen-bond donors (Lipinski definition) is 0. The molecule has 0 bridgehead atoms. The second kappa shape index (κ2) is 5.92. The van der Waals surface area contributed by atoms with Crippen LogP contribution in [0.25, 0.3) is 0 Å². The Morgan fingerprint density at radius 1 is 1.03 bits per heavy atom. The van der Waals surface area contributed by atoms with Crippen molar-refractivity contribution in [2.24, 2.45) is 28.1 Å². The highest BCUT2D eigenvalue weighted by atomic mass is 16.7. The van der Waals surface area contributed by atoms with E-state index in [1.807, 2.05) is 19.9 Å². The van der Waals surface area contributed by atoms with Crippen LogP contribution in [0.15, 0.2) is 23.0 Å². The van der Waals surface area contributed by atoms with Crippen molar-refractivity contribution >= 4 is 11.8 Å². The minimum atomic E-state index is -0.924. The van der Waals surface area contributed by atoms with Crippen LogP contribution in [0, 0.1) is 28.1 Å². The van der Waals surface area contributed by atoms with Crippen LogP contribution in [0.4, 0.5) is 0 Å². The molecule has 0 radical (unpaired) electrons. The molecule has 5 aliphatic rings. The molecule has 0 amide bonds. The fraction of sp³-hybridized carbons (Fsp3) is 0.769. The largest absolute Gasteiger partial charge is 0.472 e. The Hall–Kier alpha value is -1.70. The lowest BCUT2D eigenvalue weighted by Crippen LogP contribution is -2.72. The average Bonchev–Trinajstić information content (AvgIpc) is 3.27. The van der Waals surface area contributed by atoms with Crippen LogP contribution in [0.3, 0.4) is 0 Å². The molecule has 33 heavy (non-hydrogen) atoms. The number of carbonyl (C=O) groups is 2. The number of hydrogen-bond acceptors (Lipinski definition) is 7. The Labute approximate surface area is 194 Å². The van der Waals surface area contributed by atoms with Crippen molar-refractivity contribution in [2.75, 3.05) is 7.11 Å². The molecular formula is C26H34O7. The summed E-state index contributed by atoms with van der Waals surface area (Å²) in [6, 6.07) is 1.84. The van der Waals surface area contributed by atoms with Gasteiger partial charge in [-0.2, -0.15) is 0 Å². The zero-order valence-corrected chi connectivity index (χ0v) is 20.5. The van der Waals surface area contributed by atoms with E-state index in [1.165, 1.54) is 0 Å². The number of rotatable bonds is 2. The molecule has 180 valence electrons. The predicted octanol–water partition coefficient (Wildman–Crippen LogP) is 4.20. The van der Waals surface area contributed by atoms with Gasteiger partial charge in [0.25, 0.3) is 0 Å². The number of ketones is 1. The number of epoxide rings is 1. The van der Waals surface area contributed by atoms with Gasteiger partial charge in [0.2, 0.25) is 0 Å². The Kier molecular flexibility index (Phi) is 3.91. The first-order valence-corrected chi connectivity index (χ1v) is 12.0. The van der Waals surface area contributed by atoms with Crippen molar-refractivity contribution in [1.29, 1.82) is 0 Å². The van der Waals surface area contributed by atoms with Gasteiger partial charge in [-0.05, 0) is 52.5 Å². The number of carbonyl (C=O) groups excluding carboxylic acids is 2. The number of furan rings is 1. The van der Waals surface area contributed by atoms with Gasteiger partial charge in [-0.1, -0.05) is 13.8 Å². The smallest absolute Gasteiger partial charge is 0.339 e. The summed E-state index contributed by atoms with van der Waals surface area (Å²) in [7, 11) is 1.69. The summed E-state index contributed by atoms with van der Waals surface area (Å²) in [4.78, 5) is 27.3. The fourth-order valence-corrected chi connectivity index (χ4v) is 9.16. The van der Waals surface area contributed by atoms with E-state index in [9.17, 15) is 9.59 Å². The lowest BCUT2D eigenvalue weighted by atomic mass is 9.37. The molecule has 0 aromatic carbocycles. The first-order chi connectivity index (χ1) is 15.3. The standard InChI is InChI=1S/C26H34O7/c1-21(2)16-12-17(27)24(5)15(23(16,4)25(6,29-7)33-21)8-10-22(3)18(14-9-11-30-13-14)31-20(28)19-26(22,24)32-19/h9,11,13,15-16,18-19H,8,10,12H2,1-7H3/t15-,16+,18+,19-,22+,23-,24+,25+,26-/m1/s1. The molecule has 1 aromatic rings. The summed E-state index contributed by atoms with van der Waals surface area (Å²) < 4.78 is 30.3. The Morgan fingerprint density at radius 3 is 2.39 bits per heavy atom. The zero-order chi connectivity index (χ0) is 23.8. The van der Waals surface area contributed by atoms with Crippen LogP contribution in [-0.4, -0.2) is 42.0 Å². The maximum absolute atomic E-state index is 14.2. The van der Waals surface area contributed by atoms with E-state index in [-0.39, 0.29) is 17.6 Å². The van der Waals surface area contributed by atoms with Gasteiger partial charge in [0.1, 0.15) is 17.5 Å². The lowest BCUT2D eigenvalue weighted by Gasteiger charge is -2.65. The minimum Gasteiger partial charge on any atom is -0.472 e. The summed E-state index contributed by atoms with van der Waals surface area (Å²) in [6.07, 6.45) is 3.87. The lowest BCUT2D eigenvalue weighted by molar-refractivity contribution is -0.285. The second-order valence-corrected chi connectivity index (χ2v) is 12.1. The third-order valence-electron chi connectivity index (χ3n) is 10.8. The number of methoxy groups -OCH3 is 1. The summed E-state index contributed by atoms with van der Waals surface area (Å²) in [5, 5.41) is 0. The number of esters is 1. The summed E-state index contributed by atoms with van der Waals surface area (Å²) in [5.41, 5.74) is -2.50. The van der Waals surface area contributed by atoms with Crippen molar-refractivity contribution in [1.82, 2.24) is 0 Å². The quantitative estimate of drug-likeness (QED) is 0.485. The van der Waals surface area contributed by atoms with Crippen molar-refractivity contribution < 1.29 is 33.0 Å². The molecule has 7 nitrogen and oxygen atoms in total. The second-order valence-electron chi connectivity index (χ2n) is 12.1. The minimum absolute atomic E-state index is 0.00121. The van der Waals surface area contributed by atoms with Crippen LogP contribution in [-0.2, 0) is 28.5 Å². The molecule has 7 heteroatoms. The van der Waals surface area contributed by atoms with Crippen molar-refractivity contribution in [3.8, 4) is 0 Å². The molecular weight excluding hydrogens is 424 g/mol. The van der Waals surface area contributed by atoms with Gasteiger partial charge in [-0.25, -0.2) is 4.79 Å². The molecule has 0 unspecified atom stereocenters. The fourth-order valence-electron chi connectivity index (χ4n) is 9.16. The molecule has 4 heterocycles. The van der Waals surface area contributed by atoms with Gasteiger partial charge >= 0.3 is 5.97 Å². The highest BCUT2D eigenvalue weighted by Crippen LogP contribution is 2.80.